The van der Waals surface area contributed by atoms with Crippen LogP contribution in [0.4, 0.5) is 5.69 Å². The molecule has 0 fully saturated rings. The van der Waals surface area contributed by atoms with Crippen molar-refractivity contribution < 1.29 is 13.2 Å². The first-order chi connectivity index (χ1) is 10.7. The van der Waals surface area contributed by atoms with Gasteiger partial charge in [-0.15, -0.1) is 0 Å². The van der Waals surface area contributed by atoms with Crippen LogP contribution in [0.25, 0.3) is 0 Å². The van der Waals surface area contributed by atoms with Crippen LogP contribution in [0.2, 0.25) is 5.02 Å². The van der Waals surface area contributed by atoms with Crippen LogP contribution in [-0.2, 0) is 9.84 Å². The SMILES string of the molecule is CC(C)c1ccc(NC(=O)c2ccc(Cl)c(S(C)(=O)=O)c2)cc1. The number of nitrogens with one attached hydrogen (secondary N) is 1. The van der Waals surface area contributed by atoms with Crippen LogP contribution in [0.15, 0.2) is 47.4 Å². The molecule has 0 aliphatic rings. The predicted molar refractivity (Wildman–Crippen MR) is 93.0 cm³/mol. The Hall–Kier alpha value is -1.85. The molecular weight excluding hydrogens is 334 g/mol. The number of amides is 1. The fourth-order valence-electron chi connectivity index (χ4n) is 2.08. The summed E-state index contributed by atoms with van der Waals surface area (Å²) in [6.07, 6.45) is 1.06. The quantitative estimate of drug-likeness (QED) is 0.901. The number of carbonyl (C=O) groups excluding carboxylic acids is 1. The Bertz CT molecular complexity index is 827. The van der Waals surface area contributed by atoms with Gasteiger partial charge in [0, 0.05) is 17.5 Å². The number of hydrogen-bond donors (Lipinski definition) is 1. The van der Waals surface area contributed by atoms with Gasteiger partial charge < -0.3 is 5.32 Å². The van der Waals surface area contributed by atoms with E-state index in [1.807, 2.05) is 24.3 Å². The summed E-state index contributed by atoms with van der Waals surface area (Å²) in [5, 5.41) is 2.85. The molecule has 0 saturated carbocycles. The molecule has 4 nitrogen and oxygen atoms in total. The molecule has 0 saturated heterocycles. The van der Waals surface area contributed by atoms with E-state index in [4.69, 9.17) is 11.6 Å². The first-order valence-corrected chi connectivity index (χ1v) is 9.36. The summed E-state index contributed by atoms with van der Waals surface area (Å²) < 4.78 is 23.3. The lowest BCUT2D eigenvalue weighted by atomic mass is 10.0. The van der Waals surface area contributed by atoms with E-state index < -0.39 is 9.84 Å². The first kappa shape index (κ1) is 17.5. The fraction of sp³-hybridized carbons (Fsp3) is 0.235. The average Bonchev–Trinajstić information content (AvgIpc) is 2.47. The van der Waals surface area contributed by atoms with Crippen LogP contribution in [0.1, 0.15) is 35.7 Å². The highest BCUT2D eigenvalue weighted by molar-refractivity contribution is 7.90. The van der Waals surface area contributed by atoms with Gasteiger partial charge >= 0.3 is 0 Å². The van der Waals surface area contributed by atoms with Gasteiger partial charge in [0.05, 0.1) is 9.92 Å². The van der Waals surface area contributed by atoms with Crippen LogP contribution in [0.5, 0.6) is 0 Å². The summed E-state index contributed by atoms with van der Waals surface area (Å²) in [6.45, 7) is 4.18. The Labute approximate surface area is 141 Å². The summed E-state index contributed by atoms with van der Waals surface area (Å²) in [7, 11) is -3.49. The number of sulfone groups is 1. The lowest BCUT2D eigenvalue weighted by Gasteiger charge is -2.09. The van der Waals surface area contributed by atoms with Crippen molar-refractivity contribution in [2.75, 3.05) is 11.6 Å². The average molecular weight is 352 g/mol. The van der Waals surface area contributed by atoms with Crippen LogP contribution < -0.4 is 5.32 Å². The zero-order chi connectivity index (χ0) is 17.2. The van der Waals surface area contributed by atoms with E-state index in [9.17, 15) is 13.2 Å². The van der Waals surface area contributed by atoms with E-state index in [0.717, 1.165) is 6.26 Å². The maximum absolute atomic E-state index is 12.3. The van der Waals surface area contributed by atoms with E-state index >= 15 is 0 Å². The molecule has 0 spiro atoms. The summed E-state index contributed by atoms with van der Waals surface area (Å²) in [5.74, 6) is 0.0252. The van der Waals surface area contributed by atoms with Crippen LogP contribution >= 0.6 is 11.6 Å². The van der Waals surface area contributed by atoms with E-state index in [1.165, 1.54) is 23.8 Å². The number of carbonyl (C=O) groups is 1. The maximum atomic E-state index is 12.3. The number of halogens is 1. The minimum atomic E-state index is -3.49. The normalized spacial score (nSPS) is 11.5. The van der Waals surface area contributed by atoms with Gasteiger partial charge in [0.1, 0.15) is 0 Å². The molecule has 0 aliphatic heterocycles. The van der Waals surface area contributed by atoms with E-state index in [-0.39, 0.29) is 21.4 Å². The highest BCUT2D eigenvalue weighted by Crippen LogP contribution is 2.23. The molecular formula is C17H18ClNO3S. The Balaban J connectivity index is 2.24. The van der Waals surface area contributed by atoms with Crippen LogP contribution in [0.3, 0.4) is 0 Å². The molecule has 0 bridgehead atoms. The third kappa shape index (κ3) is 4.33. The molecule has 2 aromatic carbocycles. The Morgan fingerprint density at radius 3 is 2.22 bits per heavy atom. The minimum absolute atomic E-state index is 0.0537. The molecule has 6 heteroatoms. The van der Waals surface area contributed by atoms with E-state index in [1.54, 1.807) is 0 Å². The van der Waals surface area contributed by atoms with Crippen LogP contribution in [-0.4, -0.2) is 20.6 Å². The van der Waals surface area contributed by atoms with Crippen molar-refractivity contribution in [3.63, 3.8) is 0 Å². The number of anilines is 1. The lowest BCUT2D eigenvalue weighted by molar-refractivity contribution is 0.102. The van der Waals surface area contributed by atoms with Crippen molar-refractivity contribution in [1.29, 1.82) is 0 Å². The third-order valence-corrected chi connectivity index (χ3v) is 5.01. The molecule has 1 N–H and O–H groups in total. The molecule has 122 valence electrons. The summed E-state index contributed by atoms with van der Waals surface area (Å²) >= 11 is 5.88. The Morgan fingerprint density at radius 1 is 1.09 bits per heavy atom. The predicted octanol–water partition coefficient (Wildman–Crippen LogP) is 4.12. The number of hydrogen-bond acceptors (Lipinski definition) is 3. The fourth-order valence-corrected chi connectivity index (χ4v) is 3.38. The van der Waals surface area contributed by atoms with E-state index in [0.29, 0.717) is 11.6 Å². The Morgan fingerprint density at radius 2 is 1.70 bits per heavy atom. The van der Waals surface area contributed by atoms with Crippen molar-refractivity contribution in [3.05, 3.63) is 58.6 Å². The highest BCUT2D eigenvalue weighted by atomic mass is 35.5. The first-order valence-electron chi connectivity index (χ1n) is 7.09. The van der Waals surface area contributed by atoms with Gasteiger partial charge in [-0.25, -0.2) is 8.42 Å². The molecule has 0 radical (unpaired) electrons. The molecule has 0 unspecified atom stereocenters. The molecule has 0 aliphatic carbocycles. The van der Waals surface area contributed by atoms with Gasteiger partial charge in [-0.2, -0.15) is 0 Å². The molecule has 23 heavy (non-hydrogen) atoms. The lowest BCUT2D eigenvalue weighted by Crippen LogP contribution is -2.13. The molecule has 1 amide bonds. The largest absolute Gasteiger partial charge is 0.322 e. The monoisotopic (exact) mass is 351 g/mol. The molecule has 0 atom stereocenters. The van der Waals surface area contributed by atoms with Crippen molar-refractivity contribution >= 4 is 33.0 Å². The highest BCUT2D eigenvalue weighted by Gasteiger charge is 2.16. The standard InChI is InChI=1S/C17H18ClNO3S/c1-11(2)12-4-7-14(8-5-12)19-17(20)13-6-9-15(18)16(10-13)23(3,21)22/h4-11H,1-3H3,(H,19,20). The molecule has 0 heterocycles. The number of rotatable bonds is 4. The van der Waals surface area contributed by atoms with Crippen molar-refractivity contribution in [2.45, 2.75) is 24.7 Å². The van der Waals surface area contributed by atoms with Crippen molar-refractivity contribution in [2.24, 2.45) is 0 Å². The summed E-state index contributed by atoms with van der Waals surface area (Å²) in [6, 6.07) is 11.7. The van der Waals surface area contributed by atoms with Gasteiger partial charge in [0.2, 0.25) is 0 Å². The zero-order valence-corrected chi connectivity index (χ0v) is 14.7. The summed E-state index contributed by atoms with van der Waals surface area (Å²) in [4.78, 5) is 12.2. The second-order valence-electron chi connectivity index (χ2n) is 5.65. The van der Waals surface area contributed by atoms with E-state index in [2.05, 4.69) is 19.2 Å². The Kier molecular flexibility index (Phi) is 5.12. The maximum Gasteiger partial charge on any atom is 0.255 e. The van der Waals surface area contributed by atoms with Crippen molar-refractivity contribution in [3.8, 4) is 0 Å². The second-order valence-corrected chi connectivity index (χ2v) is 8.04. The topological polar surface area (TPSA) is 63.2 Å². The smallest absolute Gasteiger partial charge is 0.255 e. The van der Waals surface area contributed by atoms with Gasteiger partial charge in [-0.3, -0.25) is 4.79 Å². The third-order valence-electron chi connectivity index (χ3n) is 3.43. The van der Waals surface area contributed by atoms with Gasteiger partial charge in [-0.1, -0.05) is 37.6 Å². The summed E-state index contributed by atoms with van der Waals surface area (Å²) in [5.41, 5.74) is 2.06. The molecule has 2 aromatic rings. The van der Waals surface area contributed by atoms with Gasteiger partial charge in [0.15, 0.2) is 9.84 Å². The van der Waals surface area contributed by atoms with Gasteiger partial charge in [-0.05, 0) is 41.8 Å². The van der Waals surface area contributed by atoms with Crippen molar-refractivity contribution in [1.82, 2.24) is 0 Å². The van der Waals surface area contributed by atoms with Gasteiger partial charge in [0.25, 0.3) is 5.91 Å². The second kappa shape index (κ2) is 6.72. The molecule has 2 rings (SSSR count). The molecule has 0 aromatic heterocycles. The number of benzene rings is 2. The zero-order valence-electron chi connectivity index (χ0n) is 13.1. The minimum Gasteiger partial charge on any atom is -0.322 e. The van der Waals surface area contributed by atoms with Crippen LogP contribution in [0, 0.1) is 0 Å².